The summed E-state index contributed by atoms with van der Waals surface area (Å²) in [6.07, 6.45) is 1.77. The van der Waals surface area contributed by atoms with Crippen molar-refractivity contribution in [2.45, 2.75) is 19.8 Å². The van der Waals surface area contributed by atoms with Gasteiger partial charge in [0.2, 0.25) is 0 Å². The molecule has 0 saturated heterocycles. The quantitative estimate of drug-likeness (QED) is 0.378. The van der Waals surface area contributed by atoms with Crippen LogP contribution in [-0.4, -0.2) is 35.0 Å². The summed E-state index contributed by atoms with van der Waals surface area (Å²) in [7, 11) is 0. The summed E-state index contributed by atoms with van der Waals surface area (Å²) in [4.78, 5) is 18.6. The summed E-state index contributed by atoms with van der Waals surface area (Å²) < 4.78 is 5.29. The molecule has 2 N–H and O–H groups in total. The second kappa shape index (κ2) is 9.14. The van der Waals surface area contributed by atoms with Crippen molar-refractivity contribution in [2.24, 2.45) is 0 Å². The van der Waals surface area contributed by atoms with Crippen LogP contribution in [0.5, 0.6) is 0 Å². The summed E-state index contributed by atoms with van der Waals surface area (Å²) in [5.74, 6) is -0.135. The molecule has 0 radical (unpaired) electrons. The number of rotatable bonds is 7. The molecule has 0 spiro atoms. The minimum absolute atomic E-state index is 0.0925. The van der Waals surface area contributed by atoms with Crippen LogP contribution >= 0.6 is 11.3 Å². The lowest BCUT2D eigenvalue weighted by atomic mass is 10.1. The van der Waals surface area contributed by atoms with E-state index >= 15 is 0 Å². The number of nitrogens with zero attached hydrogens (tertiary/aromatic N) is 2. The molecule has 1 aromatic heterocycles. The molecule has 0 unspecified atom stereocenters. The van der Waals surface area contributed by atoms with Gasteiger partial charge in [0.05, 0.1) is 30.0 Å². The first-order valence-electron chi connectivity index (χ1n) is 10.2. The van der Waals surface area contributed by atoms with E-state index in [0.717, 1.165) is 24.1 Å². The number of thiazole rings is 1. The van der Waals surface area contributed by atoms with Gasteiger partial charge < -0.3 is 14.7 Å². The van der Waals surface area contributed by atoms with E-state index in [9.17, 15) is 9.90 Å². The van der Waals surface area contributed by atoms with E-state index in [1.165, 1.54) is 11.3 Å². The number of nitrogens with one attached hydrogen (secondary N) is 1. The highest BCUT2D eigenvalue weighted by molar-refractivity contribution is 7.11. The van der Waals surface area contributed by atoms with Gasteiger partial charge in [-0.05, 0) is 24.6 Å². The molecule has 1 aliphatic rings. The molecule has 31 heavy (non-hydrogen) atoms. The van der Waals surface area contributed by atoms with E-state index in [4.69, 9.17) is 10.1 Å². The maximum atomic E-state index is 12.3. The third-order valence-electron chi connectivity index (χ3n) is 5.02. The Kier molecular flexibility index (Phi) is 6.13. The third-order valence-corrected chi connectivity index (χ3v) is 5.88. The fraction of sp³-hybridized carbons (Fsp3) is 0.208. The Hall–Kier alpha value is -3.45. The zero-order valence-electron chi connectivity index (χ0n) is 17.2. The maximum Gasteiger partial charge on any atom is 0.338 e. The van der Waals surface area contributed by atoms with Crippen LogP contribution in [0.1, 0.15) is 35.1 Å². The lowest BCUT2D eigenvalue weighted by Crippen LogP contribution is -2.26. The maximum absolute atomic E-state index is 12.3. The second-order valence-corrected chi connectivity index (χ2v) is 8.06. The molecule has 2 heterocycles. The average Bonchev–Trinajstić information content (AvgIpc) is 3.38. The highest BCUT2D eigenvalue weighted by Crippen LogP contribution is 2.34. The van der Waals surface area contributed by atoms with E-state index in [1.807, 2.05) is 48.7 Å². The minimum atomic E-state index is -0.383. The Morgan fingerprint density at radius 2 is 2.03 bits per heavy atom. The fourth-order valence-electron chi connectivity index (χ4n) is 3.35. The summed E-state index contributed by atoms with van der Waals surface area (Å²) in [5, 5.41) is 21.8. The van der Waals surface area contributed by atoms with Crippen molar-refractivity contribution in [2.75, 3.05) is 18.1 Å². The smallest absolute Gasteiger partial charge is 0.338 e. The largest absolute Gasteiger partial charge is 0.510 e. The number of carbonyl (C=O) groups excluding carboxylic acids is 1. The van der Waals surface area contributed by atoms with Crippen molar-refractivity contribution in [3.05, 3.63) is 76.3 Å². The summed E-state index contributed by atoms with van der Waals surface area (Å²) >= 11 is 1.40. The first-order chi connectivity index (χ1) is 15.1. The standard InChI is InChI=1S/C24H23N3O3S/c1-2-3-12-30-24(29)17-10-7-11-18(13-17)27-14-20(28)21(22(27)25)23-26-19(15-31-23)16-8-5-4-6-9-16/h4-11,13,15,25,28H,2-3,12,14H2,1H3. The van der Waals surface area contributed by atoms with Gasteiger partial charge in [-0.3, -0.25) is 5.41 Å². The number of benzene rings is 2. The van der Waals surface area contributed by atoms with E-state index in [-0.39, 0.29) is 24.1 Å². The molecular weight excluding hydrogens is 410 g/mol. The predicted molar refractivity (Wildman–Crippen MR) is 124 cm³/mol. The van der Waals surface area contributed by atoms with Crippen LogP contribution in [0.2, 0.25) is 0 Å². The molecule has 0 fully saturated rings. The molecule has 6 nitrogen and oxygen atoms in total. The minimum Gasteiger partial charge on any atom is -0.510 e. The van der Waals surface area contributed by atoms with Gasteiger partial charge in [-0.2, -0.15) is 0 Å². The Balaban J connectivity index is 1.54. The number of amidine groups is 1. The molecule has 0 saturated carbocycles. The number of esters is 1. The zero-order chi connectivity index (χ0) is 21.8. The summed E-state index contributed by atoms with van der Waals surface area (Å²) in [5.41, 5.74) is 3.29. The zero-order valence-corrected chi connectivity index (χ0v) is 18.0. The summed E-state index contributed by atoms with van der Waals surface area (Å²) in [6.45, 7) is 2.58. The van der Waals surface area contributed by atoms with Crippen LogP contribution < -0.4 is 4.90 Å². The van der Waals surface area contributed by atoms with E-state index < -0.39 is 0 Å². The topological polar surface area (TPSA) is 86.5 Å². The molecule has 7 heteroatoms. The van der Waals surface area contributed by atoms with Crippen LogP contribution in [0, 0.1) is 5.41 Å². The van der Waals surface area contributed by atoms with E-state index in [1.54, 1.807) is 23.1 Å². The van der Waals surface area contributed by atoms with Crippen molar-refractivity contribution < 1.29 is 14.6 Å². The number of aromatic nitrogens is 1. The molecule has 0 atom stereocenters. The van der Waals surface area contributed by atoms with Gasteiger partial charge in [-0.15, -0.1) is 11.3 Å². The predicted octanol–water partition coefficient (Wildman–Crippen LogP) is 5.53. The SMILES string of the molecule is CCCCOC(=O)c1cccc(N2CC(O)=C(c3nc(-c4ccccc4)cs3)C2=N)c1. The van der Waals surface area contributed by atoms with Crippen LogP contribution in [0.25, 0.3) is 16.8 Å². The van der Waals surface area contributed by atoms with Crippen molar-refractivity contribution in [1.82, 2.24) is 4.98 Å². The van der Waals surface area contributed by atoms with Crippen molar-refractivity contribution >= 4 is 34.4 Å². The van der Waals surface area contributed by atoms with Crippen molar-refractivity contribution in [3.63, 3.8) is 0 Å². The number of anilines is 1. The Morgan fingerprint density at radius 1 is 1.23 bits per heavy atom. The Morgan fingerprint density at radius 3 is 2.81 bits per heavy atom. The van der Waals surface area contributed by atoms with Gasteiger partial charge in [-0.1, -0.05) is 49.7 Å². The average molecular weight is 434 g/mol. The number of hydrogen-bond donors (Lipinski definition) is 2. The molecular formula is C24H23N3O3S. The first-order valence-corrected chi connectivity index (χ1v) is 11.0. The van der Waals surface area contributed by atoms with Crippen molar-refractivity contribution in [3.8, 4) is 11.3 Å². The summed E-state index contributed by atoms with van der Waals surface area (Å²) in [6, 6.07) is 16.7. The van der Waals surface area contributed by atoms with Crippen LogP contribution in [-0.2, 0) is 4.74 Å². The molecule has 158 valence electrons. The number of carbonyl (C=O) groups is 1. The number of ether oxygens (including phenoxy) is 1. The van der Waals surface area contributed by atoms with Crippen molar-refractivity contribution in [1.29, 1.82) is 5.41 Å². The fourth-order valence-corrected chi connectivity index (χ4v) is 4.24. The first kappa shape index (κ1) is 20.8. The third kappa shape index (κ3) is 4.36. The normalized spacial score (nSPS) is 13.7. The molecule has 0 amide bonds. The van der Waals surface area contributed by atoms with Gasteiger partial charge in [0.15, 0.2) is 0 Å². The van der Waals surface area contributed by atoms with Gasteiger partial charge in [0, 0.05) is 16.6 Å². The molecule has 0 bridgehead atoms. The van der Waals surface area contributed by atoms with E-state index in [0.29, 0.717) is 28.4 Å². The number of aliphatic hydroxyl groups excluding tert-OH is 1. The number of hydrogen-bond acceptors (Lipinski definition) is 6. The molecule has 3 aromatic rings. The highest BCUT2D eigenvalue weighted by Gasteiger charge is 2.31. The van der Waals surface area contributed by atoms with Crippen LogP contribution in [0.4, 0.5) is 5.69 Å². The van der Waals surface area contributed by atoms with Gasteiger partial charge in [0.1, 0.15) is 16.6 Å². The number of aliphatic hydroxyl groups is 1. The number of unbranched alkanes of at least 4 members (excludes halogenated alkanes) is 1. The van der Waals surface area contributed by atoms with Gasteiger partial charge >= 0.3 is 5.97 Å². The second-order valence-electron chi connectivity index (χ2n) is 7.20. The van der Waals surface area contributed by atoms with Crippen LogP contribution in [0.15, 0.2) is 65.7 Å². The lowest BCUT2D eigenvalue weighted by molar-refractivity contribution is 0.0500. The Bertz CT molecular complexity index is 1140. The molecule has 4 rings (SSSR count). The molecule has 1 aliphatic heterocycles. The Labute approximate surface area is 185 Å². The van der Waals surface area contributed by atoms with Crippen LogP contribution in [0.3, 0.4) is 0 Å². The monoisotopic (exact) mass is 433 g/mol. The highest BCUT2D eigenvalue weighted by atomic mass is 32.1. The van der Waals surface area contributed by atoms with Gasteiger partial charge in [-0.25, -0.2) is 9.78 Å². The molecule has 0 aliphatic carbocycles. The van der Waals surface area contributed by atoms with E-state index in [2.05, 4.69) is 4.98 Å². The molecule has 2 aromatic carbocycles. The lowest BCUT2D eigenvalue weighted by Gasteiger charge is -2.19. The van der Waals surface area contributed by atoms with Gasteiger partial charge in [0.25, 0.3) is 0 Å².